The smallest absolute Gasteiger partial charge is 0.266 e. The first kappa shape index (κ1) is 25.0. The number of nitriles is 1. The predicted octanol–water partition coefficient (Wildman–Crippen LogP) is 7.43. The lowest BCUT2D eigenvalue weighted by Gasteiger charge is -2.16. The third kappa shape index (κ3) is 5.76. The zero-order chi connectivity index (χ0) is 25.5. The van der Waals surface area contributed by atoms with Gasteiger partial charge in [-0.2, -0.15) is 5.26 Å². The summed E-state index contributed by atoms with van der Waals surface area (Å²) in [6, 6.07) is 27.3. The molecular weight excluding hydrogens is 516 g/mol. The van der Waals surface area contributed by atoms with Crippen LogP contribution in [-0.2, 0) is 11.4 Å². The molecule has 1 N–H and O–H groups in total. The molecule has 0 heterocycles. The third-order valence-corrected chi connectivity index (χ3v) is 6.24. The lowest BCUT2D eigenvalue weighted by Crippen LogP contribution is -2.14. The molecule has 4 aromatic rings. The number of anilines is 1. The number of ether oxygens (including phenoxy) is 2. The second kappa shape index (κ2) is 11.6. The molecule has 0 aliphatic carbocycles. The van der Waals surface area contributed by atoms with Crippen LogP contribution >= 0.6 is 15.9 Å². The average Bonchev–Trinajstić information content (AvgIpc) is 2.88. The van der Waals surface area contributed by atoms with E-state index in [0.717, 1.165) is 21.9 Å². The van der Waals surface area contributed by atoms with Crippen LogP contribution in [0, 0.1) is 18.3 Å². The number of hydrogen-bond acceptors (Lipinski definition) is 4. The average molecular weight is 541 g/mol. The second-order valence-electron chi connectivity index (χ2n) is 8.13. The molecule has 0 spiro atoms. The minimum Gasteiger partial charge on any atom is -0.490 e. The lowest BCUT2D eigenvalue weighted by atomic mass is 10.1. The fourth-order valence-electron chi connectivity index (χ4n) is 3.86. The van der Waals surface area contributed by atoms with Crippen molar-refractivity contribution in [1.29, 1.82) is 5.26 Å². The van der Waals surface area contributed by atoms with Crippen LogP contribution in [0.15, 0.2) is 88.9 Å². The van der Waals surface area contributed by atoms with E-state index in [-0.39, 0.29) is 5.57 Å². The van der Waals surface area contributed by atoms with Crippen molar-refractivity contribution in [2.24, 2.45) is 0 Å². The Morgan fingerprint density at radius 1 is 1.03 bits per heavy atom. The number of hydrogen-bond donors (Lipinski definition) is 1. The molecule has 0 radical (unpaired) electrons. The standard InChI is InChI=1S/C30H25BrN2O3/c1-3-35-28-17-21(15-24(18-32)30(34)33-27-14-7-4-9-20(27)2)16-26(31)29(28)36-19-23-12-8-11-22-10-5-6-13-25(22)23/h4-17H,3,19H2,1-2H3,(H,33,34)/b24-15+. The summed E-state index contributed by atoms with van der Waals surface area (Å²) in [5.74, 6) is 0.608. The number of carbonyl (C=O) groups is 1. The Kier molecular flexibility index (Phi) is 8.04. The summed E-state index contributed by atoms with van der Waals surface area (Å²) in [5.41, 5.74) is 3.26. The summed E-state index contributed by atoms with van der Waals surface area (Å²) in [5, 5.41) is 14.7. The number of benzene rings is 4. The third-order valence-electron chi connectivity index (χ3n) is 5.65. The van der Waals surface area contributed by atoms with E-state index in [1.54, 1.807) is 18.2 Å². The van der Waals surface area contributed by atoms with Gasteiger partial charge in [0.2, 0.25) is 0 Å². The summed E-state index contributed by atoms with van der Waals surface area (Å²) < 4.78 is 12.7. The number of carbonyl (C=O) groups excluding carboxylic acids is 1. The molecule has 0 fully saturated rings. The van der Waals surface area contributed by atoms with Crippen LogP contribution in [0.5, 0.6) is 11.5 Å². The maximum absolute atomic E-state index is 12.8. The molecule has 0 bridgehead atoms. The number of aryl methyl sites for hydroxylation is 1. The van der Waals surface area contributed by atoms with Crippen molar-refractivity contribution < 1.29 is 14.3 Å². The molecule has 0 saturated carbocycles. The number of halogens is 1. The van der Waals surface area contributed by atoms with Gasteiger partial charge in [0.25, 0.3) is 5.91 Å². The van der Waals surface area contributed by atoms with Gasteiger partial charge in [-0.15, -0.1) is 0 Å². The first-order valence-corrected chi connectivity index (χ1v) is 12.3. The number of nitrogens with zero attached hydrogens (tertiary/aromatic N) is 1. The summed E-state index contributed by atoms with van der Waals surface area (Å²) in [6.45, 7) is 4.58. The van der Waals surface area contributed by atoms with Crippen molar-refractivity contribution in [3.05, 3.63) is 106 Å². The van der Waals surface area contributed by atoms with Gasteiger partial charge in [-0.1, -0.05) is 60.7 Å². The van der Waals surface area contributed by atoms with Gasteiger partial charge in [-0.3, -0.25) is 4.79 Å². The minimum atomic E-state index is -0.475. The van der Waals surface area contributed by atoms with Gasteiger partial charge in [0.15, 0.2) is 11.5 Å². The number of amides is 1. The Bertz CT molecular complexity index is 1480. The number of fused-ring (bicyclic) bond motifs is 1. The number of rotatable bonds is 8. The molecule has 5 nitrogen and oxygen atoms in total. The fourth-order valence-corrected chi connectivity index (χ4v) is 4.43. The normalized spacial score (nSPS) is 11.1. The maximum Gasteiger partial charge on any atom is 0.266 e. The van der Waals surface area contributed by atoms with E-state index in [1.165, 1.54) is 6.08 Å². The molecule has 6 heteroatoms. The van der Waals surface area contributed by atoms with E-state index in [4.69, 9.17) is 9.47 Å². The van der Waals surface area contributed by atoms with E-state index in [1.807, 2.05) is 62.4 Å². The Morgan fingerprint density at radius 3 is 2.56 bits per heavy atom. The first-order chi connectivity index (χ1) is 17.5. The van der Waals surface area contributed by atoms with E-state index in [2.05, 4.69) is 39.4 Å². The highest BCUT2D eigenvalue weighted by Crippen LogP contribution is 2.38. The minimum absolute atomic E-state index is 0.0166. The van der Waals surface area contributed by atoms with Gasteiger partial charge in [0.05, 0.1) is 11.1 Å². The molecule has 0 aromatic heterocycles. The zero-order valence-corrected chi connectivity index (χ0v) is 21.6. The van der Waals surface area contributed by atoms with Crippen molar-refractivity contribution in [1.82, 2.24) is 0 Å². The molecule has 4 rings (SSSR count). The van der Waals surface area contributed by atoms with E-state index < -0.39 is 5.91 Å². The summed E-state index contributed by atoms with van der Waals surface area (Å²) in [7, 11) is 0. The van der Waals surface area contributed by atoms with E-state index in [0.29, 0.717) is 40.4 Å². The van der Waals surface area contributed by atoms with Crippen molar-refractivity contribution in [3.8, 4) is 17.6 Å². The van der Waals surface area contributed by atoms with Gasteiger partial charge in [0, 0.05) is 5.69 Å². The second-order valence-corrected chi connectivity index (χ2v) is 8.98. The molecule has 0 aliphatic rings. The highest BCUT2D eigenvalue weighted by atomic mass is 79.9. The molecule has 0 unspecified atom stereocenters. The van der Waals surface area contributed by atoms with Gasteiger partial charge in [0.1, 0.15) is 18.2 Å². The Labute approximate surface area is 219 Å². The van der Waals surface area contributed by atoms with Gasteiger partial charge < -0.3 is 14.8 Å². The van der Waals surface area contributed by atoms with Crippen molar-refractivity contribution in [2.75, 3.05) is 11.9 Å². The monoisotopic (exact) mass is 540 g/mol. The van der Waals surface area contributed by atoms with Crippen LogP contribution in [0.4, 0.5) is 5.69 Å². The quantitative estimate of drug-likeness (QED) is 0.186. The van der Waals surface area contributed by atoms with Crippen molar-refractivity contribution in [2.45, 2.75) is 20.5 Å². The molecule has 36 heavy (non-hydrogen) atoms. The molecule has 0 atom stereocenters. The lowest BCUT2D eigenvalue weighted by molar-refractivity contribution is -0.112. The SMILES string of the molecule is CCOc1cc(/C=C(\C#N)C(=O)Nc2ccccc2C)cc(Br)c1OCc1cccc2ccccc12. The Hall–Kier alpha value is -4.08. The maximum atomic E-state index is 12.8. The van der Waals surface area contributed by atoms with Gasteiger partial charge >= 0.3 is 0 Å². The first-order valence-electron chi connectivity index (χ1n) is 11.5. The van der Waals surface area contributed by atoms with E-state index in [9.17, 15) is 10.1 Å². The van der Waals surface area contributed by atoms with Gasteiger partial charge in [-0.25, -0.2) is 0 Å². The van der Waals surface area contributed by atoms with Crippen LogP contribution in [-0.4, -0.2) is 12.5 Å². The van der Waals surface area contributed by atoms with Crippen LogP contribution in [0.1, 0.15) is 23.6 Å². The fraction of sp³-hybridized carbons (Fsp3) is 0.133. The number of nitrogens with one attached hydrogen (secondary N) is 1. The summed E-state index contributed by atoms with van der Waals surface area (Å²) in [6.07, 6.45) is 1.54. The van der Waals surface area contributed by atoms with E-state index >= 15 is 0 Å². The predicted molar refractivity (Wildman–Crippen MR) is 147 cm³/mol. The van der Waals surface area contributed by atoms with Crippen LogP contribution in [0.2, 0.25) is 0 Å². The highest BCUT2D eigenvalue weighted by Gasteiger charge is 2.15. The van der Waals surface area contributed by atoms with Crippen LogP contribution in [0.25, 0.3) is 16.8 Å². The molecule has 0 saturated heterocycles. The summed E-state index contributed by atoms with van der Waals surface area (Å²) in [4.78, 5) is 12.8. The van der Waals surface area contributed by atoms with Crippen LogP contribution < -0.4 is 14.8 Å². The van der Waals surface area contributed by atoms with Crippen molar-refractivity contribution >= 4 is 44.4 Å². The summed E-state index contributed by atoms with van der Waals surface area (Å²) >= 11 is 3.59. The van der Waals surface area contributed by atoms with Crippen molar-refractivity contribution in [3.63, 3.8) is 0 Å². The Morgan fingerprint density at radius 2 is 1.78 bits per heavy atom. The topological polar surface area (TPSA) is 71.3 Å². The molecule has 0 aliphatic heterocycles. The van der Waals surface area contributed by atoms with Crippen LogP contribution in [0.3, 0.4) is 0 Å². The largest absolute Gasteiger partial charge is 0.490 e. The highest BCUT2D eigenvalue weighted by molar-refractivity contribution is 9.10. The Balaban J connectivity index is 1.60. The molecular formula is C30H25BrN2O3. The number of para-hydroxylation sites is 1. The molecule has 4 aromatic carbocycles. The molecule has 180 valence electrons. The zero-order valence-electron chi connectivity index (χ0n) is 20.0. The molecule has 1 amide bonds. The van der Waals surface area contributed by atoms with Gasteiger partial charge in [-0.05, 0) is 81.5 Å².